The van der Waals surface area contributed by atoms with Crippen LogP contribution in [0.4, 0.5) is 4.79 Å². The molecular formula is C16H17N3O2. The van der Waals surface area contributed by atoms with Gasteiger partial charge in [0.25, 0.3) is 0 Å². The molecule has 1 N–H and O–H groups in total. The van der Waals surface area contributed by atoms with Crippen molar-refractivity contribution in [1.29, 1.82) is 0 Å². The van der Waals surface area contributed by atoms with Crippen molar-refractivity contribution in [3.05, 3.63) is 65.8 Å². The van der Waals surface area contributed by atoms with Gasteiger partial charge in [0.1, 0.15) is 6.61 Å². The minimum absolute atomic E-state index is 0.261. The molecule has 5 heteroatoms. The molecule has 1 heterocycles. The Bertz CT molecular complexity index is 612. The number of alkyl carbamates (subject to hydrolysis) is 1. The minimum Gasteiger partial charge on any atom is -0.445 e. The van der Waals surface area contributed by atoms with Gasteiger partial charge >= 0.3 is 6.09 Å². The minimum atomic E-state index is -0.450. The van der Waals surface area contributed by atoms with Crippen molar-refractivity contribution < 1.29 is 9.53 Å². The number of amides is 1. The van der Waals surface area contributed by atoms with Crippen molar-refractivity contribution >= 4 is 12.2 Å². The molecular weight excluding hydrogens is 266 g/mol. The number of benzene rings is 1. The van der Waals surface area contributed by atoms with Gasteiger partial charge in [0.05, 0.1) is 0 Å². The van der Waals surface area contributed by atoms with Gasteiger partial charge in [0, 0.05) is 18.4 Å². The van der Waals surface area contributed by atoms with Crippen LogP contribution in [-0.2, 0) is 11.3 Å². The van der Waals surface area contributed by atoms with Crippen LogP contribution in [0.15, 0.2) is 48.7 Å². The number of nitrogens with zero attached hydrogens (tertiary/aromatic N) is 2. The van der Waals surface area contributed by atoms with Crippen molar-refractivity contribution in [2.75, 3.05) is 6.54 Å². The largest absolute Gasteiger partial charge is 0.445 e. The lowest BCUT2D eigenvalue weighted by atomic mass is 10.2. The summed E-state index contributed by atoms with van der Waals surface area (Å²) in [5.74, 6) is 0.620. The summed E-state index contributed by atoms with van der Waals surface area (Å²) in [5.41, 5.74) is 1.86. The summed E-state index contributed by atoms with van der Waals surface area (Å²) >= 11 is 0. The highest BCUT2D eigenvalue weighted by molar-refractivity contribution is 5.67. The van der Waals surface area contributed by atoms with E-state index in [4.69, 9.17) is 4.74 Å². The lowest BCUT2D eigenvalue weighted by Gasteiger charge is -2.05. The Morgan fingerprint density at radius 2 is 2.10 bits per heavy atom. The molecule has 1 aromatic carbocycles. The first-order valence-corrected chi connectivity index (χ1v) is 6.65. The number of carbonyl (C=O) groups excluding carboxylic acids is 1. The van der Waals surface area contributed by atoms with Crippen LogP contribution >= 0.6 is 0 Å². The molecule has 0 aliphatic rings. The van der Waals surface area contributed by atoms with E-state index in [2.05, 4.69) is 15.3 Å². The number of carbonyl (C=O) groups is 1. The van der Waals surface area contributed by atoms with Crippen LogP contribution in [0.1, 0.15) is 17.1 Å². The van der Waals surface area contributed by atoms with Crippen LogP contribution in [0.5, 0.6) is 0 Å². The fraction of sp³-hybridized carbons (Fsp3) is 0.188. The molecule has 2 aromatic rings. The van der Waals surface area contributed by atoms with Gasteiger partial charge in [0.15, 0.2) is 5.82 Å². The highest BCUT2D eigenvalue weighted by Gasteiger charge is 2.00. The quantitative estimate of drug-likeness (QED) is 0.916. The molecule has 0 radical (unpaired) electrons. The maximum Gasteiger partial charge on any atom is 0.407 e. The zero-order chi connectivity index (χ0) is 14.9. The number of ether oxygens (including phenoxy) is 1. The molecule has 0 aliphatic heterocycles. The summed E-state index contributed by atoms with van der Waals surface area (Å²) in [5, 5.41) is 2.63. The third-order valence-electron chi connectivity index (χ3n) is 2.66. The van der Waals surface area contributed by atoms with Crippen LogP contribution in [0.25, 0.3) is 6.08 Å². The van der Waals surface area contributed by atoms with Crippen LogP contribution in [0.2, 0.25) is 0 Å². The third-order valence-corrected chi connectivity index (χ3v) is 2.66. The molecule has 108 valence electrons. The topological polar surface area (TPSA) is 64.1 Å². The summed E-state index contributed by atoms with van der Waals surface area (Å²) in [6, 6.07) is 11.4. The first-order valence-electron chi connectivity index (χ1n) is 6.65. The Labute approximate surface area is 123 Å². The van der Waals surface area contributed by atoms with E-state index in [1.54, 1.807) is 18.3 Å². The van der Waals surface area contributed by atoms with Crippen molar-refractivity contribution in [2.45, 2.75) is 13.5 Å². The molecule has 0 fully saturated rings. The summed E-state index contributed by atoms with van der Waals surface area (Å²) in [6.45, 7) is 2.53. The summed E-state index contributed by atoms with van der Waals surface area (Å²) in [7, 11) is 0. The van der Waals surface area contributed by atoms with Gasteiger partial charge in [-0.05, 0) is 24.6 Å². The third kappa shape index (κ3) is 5.44. The number of nitrogens with one attached hydrogen (secondary N) is 1. The zero-order valence-electron chi connectivity index (χ0n) is 11.8. The molecule has 0 unspecified atom stereocenters. The normalized spacial score (nSPS) is 10.5. The Hall–Kier alpha value is -2.69. The van der Waals surface area contributed by atoms with Crippen molar-refractivity contribution in [3.8, 4) is 0 Å². The molecule has 0 atom stereocenters. The van der Waals surface area contributed by atoms with Crippen LogP contribution < -0.4 is 5.32 Å². The number of aryl methyl sites for hydroxylation is 1. The Balaban J connectivity index is 1.69. The second-order valence-corrected chi connectivity index (χ2v) is 4.40. The van der Waals surface area contributed by atoms with E-state index in [1.807, 2.05) is 43.3 Å². The molecule has 0 bridgehead atoms. The van der Waals surface area contributed by atoms with Crippen LogP contribution in [0.3, 0.4) is 0 Å². The fourth-order valence-electron chi connectivity index (χ4n) is 1.63. The first-order chi connectivity index (χ1) is 10.2. The first kappa shape index (κ1) is 14.7. The number of hydrogen-bond acceptors (Lipinski definition) is 4. The molecule has 21 heavy (non-hydrogen) atoms. The zero-order valence-corrected chi connectivity index (χ0v) is 11.8. The second kappa shape index (κ2) is 7.79. The molecule has 1 aromatic heterocycles. The summed E-state index contributed by atoms with van der Waals surface area (Å²) in [4.78, 5) is 19.8. The smallest absolute Gasteiger partial charge is 0.407 e. The van der Waals surface area contributed by atoms with E-state index in [0.29, 0.717) is 12.4 Å². The van der Waals surface area contributed by atoms with Gasteiger partial charge < -0.3 is 10.1 Å². The number of hydrogen-bond donors (Lipinski definition) is 1. The SMILES string of the molecule is Cc1ccnc(C=CCNC(=O)OCc2ccccc2)n1. The van der Waals surface area contributed by atoms with Crippen LogP contribution in [-0.4, -0.2) is 22.6 Å². The molecule has 0 spiro atoms. The number of aromatic nitrogens is 2. The molecule has 0 saturated carbocycles. The van der Waals surface area contributed by atoms with Gasteiger partial charge in [0.2, 0.25) is 0 Å². The highest BCUT2D eigenvalue weighted by Crippen LogP contribution is 2.00. The monoisotopic (exact) mass is 283 g/mol. The van der Waals surface area contributed by atoms with Gasteiger partial charge in [-0.3, -0.25) is 0 Å². The van der Waals surface area contributed by atoms with E-state index >= 15 is 0 Å². The summed E-state index contributed by atoms with van der Waals surface area (Å²) in [6.07, 6.45) is 4.78. The summed E-state index contributed by atoms with van der Waals surface area (Å²) < 4.78 is 5.08. The highest BCUT2D eigenvalue weighted by atomic mass is 16.5. The average molecular weight is 283 g/mol. The number of rotatable bonds is 5. The maximum absolute atomic E-state index is 11.5. The predicted octanol–water partition coefficient (Wildman–Crippen LogP) is 2.72. The lowest BCUT2D eigenvalue weighted by molar-refractivity contribution is 0.141. The molecule has 2 rings (SSSR count). The molecule has 0 aliphatic carbocycles. The second-order valence-electron chi connectivity index (χ2n) is 4.40. The van der Waals surface area contributed by atoms with Crippen LogP contribution in [0, 0.1) is 6.92 Å². The molecule has 1 amide bonds. The van der Waals surface area contributed by atoms with Gasteiger partial charge in [-0.2, -0.15) is 0 Å². The van der Waals surface area contributed by atoms with E-state index in [9.17, 15) is 4.79 Å². The predicted molar refractivity (Wildman–Crippen MR) is 80.4 cm³/mol. The van der Waals surface area contributed by atoms with Crippen molar-refractivity contribution in [3.63, 3.8) is 0 Å². The standard InChI is InChI=1S/C16H17N3O2/c1-13-9-11-17-15(19-13)8-5-10-18-16(20)21-12-14-6-3-2-4-7-14/h2-9,11H,10,12H2,1H3,(H,18,20). The Morgan fingerprint density at radius 3 is 2.86 bits per heavy atom. The van der Waals surface area contributed by atoms with E-state index in [-0.39, 0.29) is 6.61 Å². The lowest BCUT2D eigenvalue weighted by Crippen LogP contribution is -2.24. The molecule has 5 nitrogen and oxygen atoms in total. The van der Waals surface area contributed by atoms with Gasteiger partial charge in [-0.15, -0.1) is 0 Å². The van der Waals surface area contributed by atoms with E-state index in [1.165, 1.54) is 0 Å². The molecule has 0 saturated heterocycles. The van der Waals surface area contributed by atoms with Crippen molar-refractivity contribution in [2.24, 2.45) is 0 Å². The maximum atomic E-state index is 11.5. The van der Waals surface area contributed by atoms with Crippen molar-refractivity contribution in [1.82, 2.24) is 15.3 Å². The average Bonchev–Trinajstić information content (AvgIpc) is 2.51. The van der Waals surface area contributed by atoms with E-state index in [0.717, 1.165) is 11.3 Å². The Kier molecular flexibility index (Phi) is 5.46. The fourth-order valence-corrected chi connectivity index (χ4v) is 1.63. The van der Waals surface area contributed by atoms with Gasteiger partial charge in [-0.1, -0.05) is 36.4 Å². The Morgan fingerprint density at radius 1 is 1.29 bits per heavy atom. The van der Waals surface area contributed by atoms with E-state index < -0.39 is 6.09 Å². The van der Waals surface area contributed by atoms with Gasteiger partial charge in [-0.25, -0.2) is 14.8 Å².